The first-order valence-electron chi connectivity index (χ1n) is 9.13. The Morgan fingerprint density at radius 2 is 1.69 bits per heavy atom. The highest BCUT2D eigenvalue weighted by atomic mass is 16.6. The van der Waals surface area contributed by atoms with Gasteiger partial charge in [0.1, 0.15) is 6.61 Å². The van der Waals surface area contributed by atoms with Crippen molar-refractivity contribution in [1.29, 1.82) is 0 Å². The molecule has 0 saturated carbocycles. The summed E-state index contributed by atoms with van der Waals surface area (Å²) in [6.07, 6.45) is -0.586. The molecule has 0 aliphatic carbocycles. The summed E-state index contributed by atoms with van der Waals surface area (Å²) in [4.78, 5) is 26.4. The predicted octanol–water partition coefficient (Wildman–Crippen LogP) is 2.98. The molecular weight excluding hydrogens is 332 g/mol. The Kier molecular flexibility index (Phi) is 9.51. The van der Waals surface area contributed by atoms with Gasteiger partial charge in [0.05, 0.1) is 0 Å². The minimum Gasteiger partial charge on any atom is -0.443 e. The minimum atomic E-state index is -0.586. The lowest BCUT2D eigenvalue weighted by atomic mass is 10.2. The Morgan fingerprint density at radius 3 is 2.23 bits per heavy atom. The molecule has 0 saturated heterocycles. The van der Waals surface area contributed by atoms with Crippen LogP contribution in [0.4, 0.5) is 9.59 Å². The Bertz CT molecular complexity index is 541. The van der Waals surface area contributed by atoms with Crippen LogP contribution in [0.1, 0.15) is 40.2 Å². The zero-order chi connectivity index (χ0) is 19.5. The van der Waals surface area contributed by atoms with E-state index in [2.05, 4.69) is 43.3 Å². The maximum absolute atomic E-state index is 12.1. The van der Waals surface area contributed by atoms with E-state index in [0.29, 0.717) is 25.2 Å². The maximum atomic E-state index is 12.1. The SMILES string of the molecule is CCN(NC(=O)NCCN(C(C)C)C(C)C)C(=O)OCc1ccccc1. The topological polar surface area (TPSA) is 73.9 Å². The van der Waals surface area contributed by atoms with Gasteiger partial charge in [0.15, 0.2) is 0 Å². The second-order valence-corrected chi connectivity index (χ2v) is 6.58. The summed E-state index contributed by atoms with van der Waals surface area (Å²) in [5.74, 6) is 0. The first-order valence-corrected chi connectivity index (χ1v) is 9.13. The Labute approximate surface area is 156 Å². The molecule has 0 radical (unpaired) electrons. The normalized spacial score (nSPS) is 10.9. The van der Waals surface area contributed by atoms with Crippen molar-refractivity contribution in [1.82, 2.24) is 20.7 Å². The molecule has 0 heterocycles. The summed E-state index contributed by atoms with van der Waals surface area (Å²) >= 11 is 0. The standard InChI is InChI=1S/C19H32N4O3/c1-6-23(19(25)26-14-17-10-8-7-9-11-17)21-18(24)20-12-13-22(15(2)3)16(4)5/h7-11,15-16H,6,12-14H2,1-5H3,(H2,20,21,24). The molecule has 0 unspecified atom stereocenters. The molecule has 2 N–H and O–H groups in total. The Balaban J connectivity index is 2.38. The summed E-state index contributed by atoms with van der Waals surface area (Å²) in [6, 6.07) is 9.79. The van der Waals surface area contributed by atoms with Gasteiger partial charge in [0.25, 0.3) is 0 Å². The maximum Gasteiger partial charge on any atom is 0.429 e. The zero-order valence-corrected chi connectivity index (χ0v) is 16.5. The van der Waals surface area contributed by atoms with E-state index in [4.69, 9.17) is 4.74 Å². The molecule has 0 fully saturated rings. The summed E-state index contributed by atoms with van der Waals surface area (Å²) in [5, 5.41) is 3.93. The third kappa shape index (κ3) is 7.74. The van der Waals surface area contributed by atoms with Crippen molar-refractivity contribution in [3.05, 3.63) is 35.9 Å². The van der Waals surface area contributed by atoms with Crippen LogP contribution in [0.25, 0.3) is 0 Å². The van der Waals surface area contributed by atoms with Crippen molar-refractivity contribution >= 4 is 12.1 Å². The number of carbonyl (C=O) groups is 2. The number of nitrogens with one attached hydrogen (secondary N) is 2. The molecule has 3 amide bonds. The predicted molar refractivity (Wildman–Crippen MR) is 103 cm³/mol. The van der Waals surface area contributed by atoms with Crippen molar-refractivity contribution < 1.29 is 14.3 Å². The molecule has 1 aromatic rings. The molecule has 0 atom stereocenters. The number of urea groups is 1. The molecule has 1 rings (SSSR count). The van der Waals surface area contributed by atoms with Crippen LogP contribution in [0.2, 0.25) is 0 Å². The van der Waals surface area contributed by atoms with E-state index in [1.165, 1.54) is 0 Å². The number of ether oxygens (including phenoxy) is 1. The minimum absolute atomic E-state index is 0.164. The quantitative estimate of drug-likeness (QED) is 0.696. The third-order valence-electron chi connectivity index (χ3n) is 3.96. The van der Waals surface area contributed by atoms with E-state index >= 15 is 0 Å². The average Bonchev–Trinajstić information content (AvgIpc) is 2.61. The van der Waals surface area contributed by atoms with Gasteiger partial charge in [-0.3, -0.25) is 4.90 Å². The Hall–Kier alpha value is -2.28. The summed E-state index contributed by atoms with van der Waals surface area (Å²) in [7, 11) is 0. The van der Waals surface area contributed by atoms with E-state index in [-0.39, 0.29) is 6.61 Å². The number of hydrogen-bond donors (Lipinski definition) is 2. The number of amides is 3. The number of hydrazine groups is 1. The van der Waals surface area contributed by atoms with Gasteiger partial charge in [-0.25, -0.2) is 20.0 Å². The van der Waals surface area contributed by atoms with Gasteiger partial charge in [-0.05, 0) is 40.2 Å². The van der Waals surface area contributed by atoms with Gasteiger partial charge < -0.3 is 10.1 Å². The molecule has 146 valence electrons. The average molecular weight is 364 g/mol. The van der Waals surface area contributed by atoms with Gasteiger partial charge in [-0.1, -0.05) is 30.3 Å². The van der Waals surface area contributed by atoms with Crippen LogP contribution >= 0.6 is 0 Å². The van der Waals surface area contributed by atoms with Crippen LogP contribution in [0.5, 0.6) is 0 Å². The van der Waals surface area contributed by atoms with Crippen LogP contribution in [0.3, 0.4) is 0 Å². The van der Waals surface area contributed by atoms with Crippen molar-refractivity contribution in [2.75, 3.05) is 19.6 Å². The summed E-state index contributed by atoms with van der Waals surface area (Å²) < 4.78 is 5.22. The monoisotopic (exact) mass is 364 g/mol. The van der Waals surface area contributed by atoms with E-state index in [9.17, 15) is 9.59 Å². The number of carbonyl (C=O) groups excluding carboxylic acids is 2. The second kappa shape index (κ2) is 11.4. The van der Waals surface area contributed by atoms with E-state index in [0.717, 1.165) is 17.1 Å². The van der Waals surface area contributed by atoms with Gasteiger partial charge in [0, 0.05) is 31.7 Å². The van der Waals surface area contributed by atoms with Crippen molar-refractivity contribution in [2.24, 2.45) is 0 Å². The third-order valence-corrected chi connectivity index (χ3v) is 3.96. The highest BCUT2D eigenvalue weighted by molar-refractivity contribution is 5.77. The largest absolute Gasteiger partial charge is 0.443 e. The molecule has 1 aromatic carbocycles. The zero-order valence-electron chi connectivity index (χ0n) is 16.5. The highest BCUT2D eigenvalue weighted by Crippen LogP contribution is 2.04. The Morgan fingerprint density at radius 1 is 1.08 bits per heavy atom. The molecule has 7 nitrogen and oxygen atoms in total. The number of benzene rings is 1. The molecule has 0 aromatic heterocycles. The number of rotatable bonds is 8. The smallest absolute Gasteiger partial charge is 0.429 e. The fraction of sp³-hybridized carbons (Fsp3) is 0.579. The molecule has 0 aliphatic rings. The van der Waals surface area contributed by atoms with Crippen LogP contribution in [-0.4, -0.2) is 53.8 Å². The summed E-state index contributed by atoms with van der Waals surface area (Å²) in [5.41, 5.74) is 3.42. The van der Waals surface area contributed by atoms with E-state index < -0.39 is 12.1 Å². The molecule has 0 aliphatic heterocycles. The molecule has 0 spiro atoms. The lowest BCUT2D eigenvalue weighted by Crippen LogP contribution is -2.51. The second-order valence-electron chi connectivity index (χ2n) is 6.58. The van der Waals surface area contributed by atoms with E-state index in [1.54, 1.807) is 6.92 Å². The van der Waals surface area contributed by atoms with Gasteiger partial charge in [-0.2, -0.15) is 0 Å². The van der Waals surface area contributed by atoms with Crippen molar-refractivity contribution in [2.45, 2.75) is 53.3 Å². The number of hydrogen-bond acceptors (Lipinski definition) is 4. The van der Waals surface area contributed by atoms with Crippen LogP contribution < -0.4 is 10.7 Å². The first-order chi connectivity index (χ1) is 12.3. The highest BCUT2D eigenvalue weighted by Gasteiger charge is 2.17. The first kappa shape index (κ1) is 21.8. The van der Waals surface area contributed by atoms with Gasteiger partial charge in [-0.15, -0.1) is 0 Å². The summed E-state index contributed by atoms with van der Waals surface area (Å²) in [6.45, 7) is 12.0. The molecule has 0 bridgehead atoms. The molecule has 7 heteroatoms. The van der Waals surface area contributed by atoms with Gasteiger partial charge in [0.2, 0.25) is 0 Å². The van der Waals surface area contributed by atoms with Gasteiger partial charge >= 0.3 is 12.1 Å². The fourth-order valence-corrected chi connectivity index (χ4v) is 2.62. The van der Waals surface area contributed by atoms with Crippen LogP contribution in [0, 0.1) is 0 Å². The van der Waals surface area contributed by atoms with Crippen LogP contribution in [0.15, 0.2) is 30.3 Å². The molecular formula is C19H32N4O3. The van der Waals surface area contributed by atoms with Crippen molar-refractivity contribution in [3.8, 4) is 0 Å². The van der Waals surface area contributed by atoms with Crippen LogP contribution in [-0.2, 0) is 11.3 Å². The molecule has 26 heavy (non-hydrogen) atoms. The number of nitrogens with zero attached hydrogens (tertiary/aromatic N) is 2. The fourth-order valence-electron chi connectivity index (χ4n) is 2.62. The van der Waals surface area contributed by atoms with Crippen molar-refractivity contribution in [3.63, 3.8) is 0 Å². The lowest BCUT2D eigenvalue weighted by molar-refractivity contribution is 0.0831. The van der Waals surface area contributed by atoms with E-state index in [1.807, 2.05) is 30.3 Å². The lowest BCUT2D eigenvalue weighted by Gasteiger charge is -2.30.